The van der Waals surface area contributed by atoms with Gasteiger partial charge in [0.2, 0.25) is 5.91 Å². The summed E-state index contributed by atoms with van der Waals surface area (Å²) in [4.78, 5) is 26.3. The molecule has 5 N–H and O–H groups in total. The summed E-state index contributed by atoms with van der Waals surface area (Å²) in [5.41, 5.74) is 5.56. The number of nitrogens with two attached hydrogens (primary N) is 1. The minimum absolute atomic E-state index is 0.00962. The second-order valence-electron chi connectivity index (χ2n) is 7.40. The van der Waals surface area contributed by atoms with Gasteiger partial charge in [-0.05, 0) is 39.2 Å². The molecule has 0 aromatic heterocycles. The van der Waals surface area contributed by atoms with Crippen molar-refractivity contribution in [3.05, 3.63) is 0 Å². The first-order valence-corrected chi connectivity index (χ1v) is 9.19. The molecule has 0 spiro atoms. The zero-order valence-corrected chi connectivity index (χ0v) is 14.4. The van der Waals surface area contributed by atoms with Crippen LogP contribution in [0.4, 0.5) is 4.79 Å². The fourth-order valence-electron chi connectivity index (χ4n) is 4.46. The first kappa shape index (κ1) is 17.0. The number of hydrogen-bond acceptors (Lipinski definition) is 6. The molecule has 4 rings (SSSR count). The van der Waals surface area contributed by atoms with Crippen molar-refractivity contribution < 1.29 is 19.1 Å². The molecule has 0 radical (unpaired) electrons. The number of rotatable bonds is 1. The van der Waals surface area contributed by atoms with Crippen LogP contribution >= 0.6 is 0 Å². The Hall–Kier alpha value is -1.42. The van der Waals surface area contributed by atoms with Crippen molar-refractivity contribution in [2.45, 2.75) is 69.4 Å². The molecule has 4 fully saturated rings. The first-order valence-electron chi connectivity index (χ1n) is 9.19. The van der Waals surface area contributed by atoms with Gasteiger partial charge in [-0.3, -0.25) is 15.4 Å². The molecular formula is C16H27N5O4. The van der Waals surface area contributed by atoms with E-state index in [1.807, 2.05) is 11.8 Å². The van der Waals surface area contributed by atoms with Crippen LogP contribution in [0.15, 0.2) is 0 Å². The average Bonchev–Trinajstić information content (AvgIpc) is 2.90. The Kier molecular flexibility index (Phi) is 4.57. The highest BCUT2D eigenvalue weighted by Crippen LogP contribution is 2.31. The van der Waals surface area contributed by atoms with E-state index in [0.717, 1.165) is 19.4 Å². The number of carbonyl (C=O) groups is 2. The van der Waals surface area contributed by atoms with Crippen LogP contribution in [-0.4, -0.2) is 66.8 Å². The smallest absolute Gasteiger partial charge is 0.320 e. The lowest BCUT2D eigenvalue weighted by Gasteiger charge is -2.44. The number of nitrogens with one attached hydrogen (secondary N) is 3. The van der Waals surface area contributed by atoms with E-state index in [1.54, 1.807) is 0 Å². The molecule has 2 bridgehead atoms. The molecule has 0 aliphatic carbocycles. The summed E-state index contributed by atoms with van der Waals surface area (Å²) in [5.74, 6) is -0.752. The molecule has 4 saturated heterocycles. The van der Waals surface area contributed by atoms with Gasteiger partial charge >= 0.3 is 6.03 Å². The first-order chi connectivity index (χ1) is 12.0. The van der Waals surface area contributed by atoms with Crippen LogP contribution in [0.3, 0.4) is 0 Å². The molecule has 4 aliphatic heterocycles. The summed E-state index contributed by atoms with van der Waals surface area (Å²) in [6.45, 7) is 3.36. The van der Waals surface area contributed by atoms with Crippen LogP contribution < -0.4 is 21.7 Å². The number of carbonyl (C=O) groups excluding carboxylic acids is 2. The monoisotopic (exact) mass is 353 g/mol. The number of urea groups is 1. The Morgan fingerprint density at radius 3 is 2.92 bits per heavy atom. The molecule has 25 heavy (non-hydrogen) atoms. The minimum Gasteiger partial charge on any atom is -0.376 e. The molecule has 4 heterocycles. The molecule has 0 aromatic rings. The molecule has 3 amide bonds. The predicted octanol–water partition coefficient (Wildman–Crippen LogP) is -0.969. The van der Waals surface area contributed by atoms with Gasteiger partial charge < -0.3 is 25.4 Å². The van der Waals surface area contributed by atoms with Crippen LogP contribution in [0.5, 0.6) is 0 Å². The van der Waals surface area contributed by atoms with Crippen molar-refractivity contribution in [3.8, 4) is 0 Å². The van der Waals surface area contributed by atoms with Crippen LogP contribution in [0.25, 0.3) is 0 Å². The summed E-state index contributed by atoms with van der Waals surface area (Å²) in [6, 6.07) is -0.183. The molecule has 6 unspecified atom stereocenters. The minimum atomic E-state index is -0.480. The third kappa shape index (κ3) is 3.10. The molecule has 7 atom stereocenters. The number of amides is 3. The number of piperidine rings is 2. The van der Waals surface area contributed by atoms with E-state index in [4.69, 9.17) is 15.2 Å². The van der Waals surface area contributed by atoms with Crippen LogP contribution in [0, 0.1) is 5.92 Å². The SMILES string of the molecule is C[C@@H]1CCOC2CCNC3NC(=O)N(C4CCC(C(N)=O)C(N4)O1)C32. The summed E-state index contributed by atoms with van der Waals surface area (Å²) >= 11 is 0. The second-order valence-corrected chi connectivity index (χ2v) is 7.40. The van der Waals surface area contributed by atoms with Crippen LogP contribution in [-0.2, 0) is 14.3 Å². The van der Waals surface area contributed by atoms with Crippen LogP contribution in [0.2, 0.25) is 0 Å². The molecular weight excluding hydrogens is 326 g/mol. The van der Waals surface area contributed by atoms with E-state index >= 15 is 0 Å². The number of hydrogen-bond donors (Lipinski definition) is 4. The quantitative estimate of drug-likeness (QED) is 0.482. The van der Waals surface area contributed by atoms with Crippen molar-refractivity contribution in [2.75, 3.05) is 13.2 Å². The molecule has 0 saturated carbocycles. The van der Waals surface area contributed by atoms with E-state index < -0.39 is 6.23 Å². The van der Waals surface area contributed by atoms with Gasteiger partial charge in [0.1, 0.15) is 12.4 Å². The number of fused-ring (bicyclic) bond motifs is 3. The molecule has 0 aromatic carbocycles. The summed E-state index contributed by atoms with van der Waals surface area (Å²) in [5, 5.41) is 9.73. The van der Waals surface area contributed by atoms with Crippen LogP contribution in [0.1, 0.15) is 32.6 Å². The highest BCUT2D eigenvalue weighted by atomic mass is 16.5. The second kappa shape index (κ2) is 6.71. The summed E-state index contributed by atoms with van der Waals surface area (Å²) in [7, 11) is 0. The molecule has 4 aliphatic rings. The van der Waals surface area contributed by atoms with Gasteiger partial charge in [-0.15, -0.1) is 0 Å². The average molecular weight is 353 g/mol. The third-order valence-corrected chi connectivity index (χ3v) is 5.76. The lowest BCUT2D eigenvalue weighted by molar-refractivity contribution is -0.138. The zero-order chi connectivity index (χ0) is 17.6. The van der Waals surface area contributed by atoms with Gasteiger partial charge in [0.05, 0.1) is 30.3 Å². The Bertz CT molecular complexity index is 547. The van der Waals surface area contributed by atoms with Crippen molar-refractivity contribution in [3.63, 3.8) is 0 Å². The number of ether oxygens (including phenoxy) is 2. The van der Waals surface area contributed by atoms with Gasteiger partial charge in [-0.2, -0.15) is 0 Å². The summed E-state index contributed by atoms with van der Waals surface area (Å²) < 4.78 is 12.2. The third-order valence-electron chi connectivity index (χ3n) is 5.76. The fraction of sp³-hybridized carbons (Fsp3) is 0.875. The van der Waals surface area contributed by atoms with Crippen molar-refractivity contribution in [1.82, 2.24) is 20.9 Å². The van der Waals surface area contributed by atoms with E-state index in [1.165, 1.54) is 0 Å². The van der Waals surface area contributed by atoms with Gasteiger partial charge in [0, 0.05) is 6.61 Å². The normalized spacial score (nSPS) is 44.4. The van der Waals surface area contributed by atoms with E-state index in [9.17, 15) is 9.59 Å². The lowest BCUT2D eigenvalue weighted by Crippen LogP contribution is -2.64. The molecule has 9 heteroatoms. The van der Waals surface area contributed by atoms with Crippen molar-refractivity contribution in [1.29, 1.82) is 0 Å². The van der Waals surface area contributed by atoms with E-state index in [0.29, 0.717) is 19.4 Å². The van der Waals surface area contributed by atoms with E-state index in [-0.39, 0.29) is 48.4 Å². The maximum absolute atomic E-state index is 12.6. The molecule has 140 valence electrons. The Morgan fingerprint density at radius 1 is 1.28 bits per heavy atom. The number of nitrogens with zero attached hydrogens (tertiary/aromatic N) is 1. The Balaban J connectivity index is 1.63. The summed E-state index contributed by atoms with van der Waals surface area (Å²) in [6.07, 6.45) is 1.99. The maximum Gasteiger partial charge on any atom is 0.320 e. The highest BCUT2D eigenvalue weighted by Gasteiger charge is 2.51. The van der Waals surface area contributed by atoms with Gasteiger partial charge in [-0.1, -0.05) is 0 Å². The maximum atomic E-state index is 12.6. The van der Waals surface area contributed by atoms with E-state index in [2.05, 4.69) is 16.0 Å². The van der Waals surface area contributed by atoms with Crippen molar-refractivity contribution in [2.24, 2.45) is 11.7 Å². The van der Waals surface area contributed by atoms with Gasteiger partial charge in [-0.25, -0.2) is 4.79 Å². The van der Waals surface area contributed by atoms with Gasteiger partial charge in [0.15, 0.2) is 0 Å². The standard InChI is InChI=1S/C16H27N5O4/c1-8-5-7-24-10-4-6-18-14-12(10)21(16(23)20-14)11-3-2-9(13(17)22)15(19-11)25-8/h8-12,14-15,18-19H,2-7H2,1H3,(H2,17,22)(H,20,23)/t8-,9?,10?,11?,12?,14?,15?/m1/s1. The zero-order valence-electron chi connectivity index (χ0n) is 14.4. The Morgan fingerprint density at radius 2 is 2.12 bits per heavy atom. The van der Waals surface area contributed by atoms with Crippen molar-refractivity contribution >= 4 is 11.9 Å². The van der Waals surface area contributed by atoms with Gasteiger partial charge in [0.25, 0.3) is 0 Å². The predicted molar refractivity (Wildman–Crippen MR) is 88.1 cm³/mol. The topological polar surface area (TPSA) is 118 Å². The number of primary amides is 1. The fourth-order valence-corrected chi connectivity index (χ4v) is 4.46. The Labute approximate surface area is 146 Å². The highest BCUT2D eigenvalue weighted by molar-refractivity contribution is 5.79. The largest absolute Gasteiger partial charge is 0.376 e. The lowest BCUT2D eigenvalue weighted by atomic mass is 9.93. The molecule has 9 nitrogen and oxygen atoms in total.